The van der Waals surface area contributed by atoms with Gasteiger partial charge in [0.1, 0.15) is 18.3 Å². The van der Waals surface area contributed by atoms with Gasteiger partial charge in [0, 0.05) is 25.0 Å². The van der Waals surface area contributed by atoms with Gasteiger partial charge in [-0.3, -0.25) is 4.79 Å². The molecule has 1 saturated carbocycles. The molecule has 2 heterocycles. The molecule has 3 fully saturated rings. The van der Waals surface area contributed by atoms with Crippen molar-refractivity contribution in [2.45, 2.75) is 112 Å². The van der Waals surface area contributed by atoms with Crippen LogP contribution in [0.2, 0.25) is 0 Å². The lowest BCUT2D eigenvalue weighted by Crippen LogP contribution is -2.70. The Hall–Kier alpha value is -1.08. The molecule has 15 N–H and O–H groups in total. The van der Waals surface area contributed by atoms with E-state index in [-0.39, 0.29) is 25.5 Å². The number of nitrogens with one attached hydrogen (secondary N) is 1. The molecule has 216 valence electrons. The van der Waals surface area contributed by atoms with Crippen molar-refractivity contribution in [3.63, 3.8) is 0 Å². The summed E-state index contributed by atoms with van der Waals surface area (Å²) in [6.07, 6.45) is -7.23. The van der Waals surface area contributed by atoms with Gasteiger partial charge in [0.05, 0.1) is 36.9 Å². The van der Waals surface area contributed by atoms with Crippen LogP contribution in [0.4, 0.5) is 4.39 Å². The number of alkyl halides is 1. The second-order valence-corrected chi connectivity index (χ2v) is 10.1. The number of rotatable bonds is 10. The standard InChI is InChI=1S/C22H44FN7O7/c23-15-19(36-21-10(26)4-3-9(7-25)34-21)11(27)6-12(28)20(15)37-22-17(30-14(32)2-1-5-24)16(29)18(33)13(8-31)35-22/h9-13,15-22,31,33H,1-8,24-29H2,(H,30,32)/t9-,10+,11-,12+,13+,15+,16+,17+,18+,19+,20-,21+,22+/m0/s1. The number of ether oxygens (including phenoxy) is 4. The molecule has 15 heteroatoms. The number of hydrogen-bond acceptors (Lipinski definition) is 13. The number of amides is 1. The van der Waals surface area contributed by atoms with E-state index in [1.165, 1.54) is 0 Å². The Kier molecular flexibility index (Phi) is 11.4. The molecule has 1 amide bonds. The van der Waals surface area contributed by atoms with Gasteiger partial charge in [0.15, 0.2) is 18.8 Å². The second kappa shape index (κ2) is 13.8. The molecule has 0 bridgehead atoms. The summed E-state index contributed by atoms with van der Waals surface area (Å²) in [4.78, 5) is 12.4. The first-order chi connectivity index (χ1) is 17.6. The van der Waals surface area contributed by atoms with E-state index in [1.807, 2.05) is 0 Å². The zero-order valence-corrected chi connectivity index (χ0v) is 20.9. The summed E-state index contributed by atoms with van der Waals surface area (Å²) in [5.41, 5.74) is 35.9. The fraction of sp³-hybridized carbons (Fsp3) is 0.955. The largest absolute Gasteiger partial charge is 0.394 e. The Morgan fingerprint density at radius 1 is 1.00 bits per heavy atom. The highest BCUT2D eigenvalue weighted by Crippen LogP contribution is 2.32. The highest BCUT2D eigenvalue weighted by atomic mass is 19.1. The summed E-state index contributed by atoms with van der Waals surface area (Å²) in [6.45, 7) is 0.000938. The van der Waals surface area contributed by atoms with Crippen LogP contribution < -0.4 is 39.7 Å². The van der Waals surface area contributed by atoms with E-state index in [2.05, 4.69) is 5.32 Å². The van der Waals surface area contributed by atoms with Crippen LogP contribution in [0.1, 0.15) is 32.1 Å². The minimum atomic E-state index is -1.82. The molecule has 2 aliphatic heterocycles. The zero-order valence-electron chi connectivity index (χ0n) is 20.9. The van der Waals surface area contributed by atoms with E-state index in [9.17, 15) is 15.0 Å². The van der Waals surface area contributed by atoms with E-state index in [0.717, 1.165) is 0 Å². The van der Waals surface area contributed by atoms with Crippen LogP contribution in [0.3, 0.4) is 0 Å². The van der Waals surface area contributed by atoms with Crippen LogP contribution in [-0.2, 0) is 23.7 Å². The number of aliphatic hydroxyl groups is 2. The topological polar surface area (TPSA) is 263 Å². The van der Waals surface area contributed by atoms with Crippen LogP contribution in [0.15, 0.2) is 0 Å². The molecule has 0 aromatic rings. The SMILES string of the molecule is NCCCC(=O)N[C@H]1[C@@H](O[C@@H]2[C@H](F)[C@H](O[C@H]3O[C@H](CN)CC[C@H]3N)[C@@H](N)C[C@H]2N)O[C@H](CO)[C@@H](O)[C@@H]1N. The lowest BCUT2D eigenvalue weighted by atomic mass is 9.85. The molecule has 0 unspecified atom stereocenters. The van der Waals surface area contributed by atoms with Crippen molar-refractivity contribution >= 4 is 5.91 Å². The normalized spacial score (nSPS) is 44.9. The maximum atomic E-state index is 15.9. The van der Waals surface area contributed by atoms with Gasteiger partial charge in [0.2, 0.25) is 5.91 Å². The number of aliphatic hydroxyl groups excluding tert-OH is 2. The van der Waals surface area contributed by atoms with Crippen molar-refractivity contribution in [3.05, 3.63) is 0 Å². The van der Waals surface area contributed by atoms with Crippen molar-refractivity contribution in [2.75, 3.05) is 19.7 Å². The molecule has 14 nitrogen and oxygen atoms in total. The predicted octanol–water partition coefficient (Wildman–Crippen LogP) is -4.43. The second-order valence-electron chi connectivity index (χ2n) is 10.1. The quantitative estimate of drug-likeness (QED) is 0.127. The fourth-order valence-electron chi connectivity index (χ4n) is 5.01. The third kappa shape index (κ3) is 7.32. The van der Waals surface area contributed by atoms with Crippen molar-refractivity contribution < 1.29 is 38.3 Å². The first-order valence-corrected chi connectivity index (χ1v) is 12.9. The number of carbonyl (C=O) groups excluding carboxylic acids is 1. The van der Waals surface area contributed by atoms with Gasteiger partial charge in [-0.2, -0.15) is 0 Å². The van der Waals surface area contributed by atoms with E-state index in [1.54, 1.807) is 0 Å². The number of halogens is 1. The lowest BCUT2D eigenvalue weighted by molar-refractivity contribution is -0.288. The molecule has 0 aromatic heterocycles. The van der Waals surface area contributed by atoms with E-state index >= 15 is 4.39 Å². The Morgan fingerprint density at radius 3 is 2.24 bits per heavy atom. The molecule has 2 saturated heterocycles. The summed E-state index contributed by atoms with van der Waals surface area (Å²) in [6, 6.07) is -4.25. The van der Waals surface area contributed by atoms with Crippen LogP contribution >= 0.6 is 0 Å². The number of nitrogens with two attached hydrogens (primary N) is 6. The Bertz CT molecular complexity index is 731. The van der Waals surface area contributed by atoms with Crippen LogP contribution in [0.25, 0.3) is 0 Å². The molecule has 37 heavy (non-hydrogen) atoms. The van der Waals surface area contributed by atoms with Crippen LogP contribution in [0.5, 0.6) is 0 Å². The zero-order chi connectivity index (χ0) is 27.3. The van der Waals surface area contributed by atoms with Crippen molar-refractivity contribution in [3.8, 4) is 0 Å². The minimum absolute atomic E-state index is 0.108. The molecule has 0 aromatic carbocycles. The van der Waals surface area contributed by atoms with Crippen molar-refractivity contribution in [2.24, 2.45) is 34.4 Å². The summed E-state index contributed by atoms with van der Waals surface area (Å²) in [5.74, 6) is -0.399. The van der Waals surface area contributed by atoms with Crippen LogP contribution in [-0.4, -0.2) is 115 Å². The summed E-state index contributed by atoms with van der Waals surface area (Å²) < 4.78 is 39.3. The van der Waals surface area contributed by atoms with Gasteiger partial charge >= 0.3 is 0 Å². The van der Waals surface area contributed by atoms with E-state index in [4.69, 9.17) is 53.3 Å². The van der Waals surface area contributed by atoms with Crippen LogP contribution in [0, 0.1) is 0 Å². The monoisotopic (exact) mass is 537 g/mol. The average molecular weight is 538 g/mol. The summed E-state index contributed by atoms with van der Waals surface area (Å²) >= 11 is 0. The summed E-state index contributed by atoms with van der Waals surface area (Å²) in [5, 5.41) is 22.8. The first kappa shape index (κ1) is 30.5. The number of hydrogen-bond donors (Lipinski definition) is 9. The van der Waals surface area contributed by atoms with Gasteiger partial charge in [-0.25, -0.2) is 4.39 Å². The number of carbonyl (C=O) groups is 1. The highest BCUT2D eigenvalue weighted by Gasteiger charge is 2.51. The molecule has 13 atom stereocenters. The smallest absolute Gasteiger partial charge is 0.220 e. The van der Waals surface area contributed by atoms with Gasteiger partial charge < -0.3 is 68.9 Å². The third-order valence-corrected chi connectivity index (χ3v) is 7.27. The van der Waals surface area contributed by atoms with Gasteiger partial charge in [0.25, 0.3) is 0 Å². The predicted molar refractivity (Wildman–Crippen MR) is 130 cm³/mol. The minimum Gasteiger partial charge on any atom is -0.394 e. The molecular formula is C22H44FN7O7. The van der Waals surface area contributed by atoms with Crippen molar-refractivity contribution in [1.82, 2.24) is 5.32 Å². The third-order valence-electron chi connectivity index (χ3n) is 7.27. The average Bonchev–Trinajstić information content (AvgIpc) is 2.87. The molecule has 3 rings (SSSR count). The van der Waals surface area contributed by atoms with E-state index < -0.39 is 85.9 Å². The van der Waals surface area contributed by atoms with Gasteiger partial charge in [-0.15, -0.1) is 0 Å². The molecule has 0 spiro atoms. The first-order valence-electron chi connectivity index (χ1n) is 12.9. The lowest BCUT2D eigenvalue weighted by Gasteiger charge is -2.48. The summed E-state index contributed by atoms with van der Waals surface area (Å²) in [7, 11) is 0. The van der Waals surface area contributed by atoms with Gasteiger partial charge in [-0.05, 0) is 32.2 Å². The molecular weight excluding hydrogens is 493 g/mol. The van der Waals surface area contributed by atoms with Gasteiger partial charge in [-0.1, -0.05) is 0 Å². The Morgan fingerprint density at radius 2 is 1.65 bits per heavy atom. The maximum absolute atomic E-state index is 15.9. The van der Waals surface area contributed by atoms with Crippen molar-refractivity contribution in [1.29, 1.82) is 0 Å². The molecule has 3 aliphatic rings. The molecule has 0 radical (unpaired) electrons. The Balaban J connectivity index is 1.75. The highest BCUT2D eigenvalue weighted by molar-refractivity contribution is 5.76. The maximum Gasteiger partial charge on any atom is 0.220 e. The van der Waals surface area contributed by atoms with E-state index in [0.29, 0.717) is 25.8 Å². The molecule has 1 aliphatic carbocycles. The Labute approximate surface area is 215 Å². The fourth-order valence-corrected chi connectivity index (χ4v) is 5.01.